The Hall–Kier alpha value is -0.900. The van der Waals surface area contributed by atoms with Gasteiger partial charge in [0, 0.05) is 6.61 Å². The maximum Gasteiger partial charge on any atom is 0.0889 e. The van der Waals surface area contributed by atoms with E-state index in [2.05, 4.69) is 36.6 Å². The van der Waals surface area contributed by atoms with Gasteiger partial charge in [0.05, 0.1) is 11.6 Å². The maximum atomic E-state index is 6.20. The van der Waals surface area contributed by atoms with Crippen molar-refractivity contribution < 1.29 is 4.74 Å². The lowest BCUT2D eigenvalue weighted by Gasteiger charge is -2.38. The second-order valence-corrected chi connectivity index (χ2v) is 6.60. The van der Waals surface area contributed by atoms with Gasteiger partial charge in [-0.3, -0.25) is 11.3 Å². The molecule has 0 aromatic heterocycles. The van der Waals surface area contributed by atoms with Gasteiger partial charge in [-0.1, -0.05) is 43.5 Å². The molecule has 0 bridgehead atoms. The molecule has 0 heterocycles. The summed E-state index contributed by atoms with van der Waals surface area (Å²) in [4.78, 5) is 0. The Bertz CT molecular complexity index is 464. The Balaban J connectivity index is 1.87. The van der Waals surface area contributed by atoms with Crippen LogP contribution in [-0.4, -0.2) is 12.2 Å². The maximum absolute atomic E-state index is 6.20. The van der Waals surface area contributed by atoms with Gasteiger partial charge in [0.15, 0.2) is 0 Å². The third kappa shape index (κ3) is 2.87. The molecule has 2 aliphatic carbocycles. The quantitative estimate of drug-likeness (QED) is 0.618. The number of benzene rings is 1. The summed E-state index contributed by atoms with van der Waals surface area (Å²) < 4.78 is 6.20. The van der Waals surface area contributed by atoms with E-state index in [0.717, 1.165) is 25.4 Å². The highest BCUT2D eigenvalue weighted by molar-refractivity contribution is 5.31. The second-order valence-electron chi connectivity index (χ2n) is 6.60. The van der Waals surface area contributed by atoms with Crippen molar-refractivity contribution in [1.29, 1.82) is 0 Å². The van der Waals surface area contributed by atoms with E-state index in [4.69, 9.17) is 10.6 Å². The molecule has 2 aliphatic rings. The molecule has 21 heavy (non-hydrogen) atoms. The molecular weight excluding hydrogens is 260 g/mol. The molecule has 1 atom stereocenters. The van der Waals surface area contributed by atoms with E-state index in [1.807, 2.05) is 0 Å². The number of ether oxygens (including phenoxy) is 1. The molecule has 0 spiro atoms. The van der Waals surface area contributed by atoms with Gasteiger partial charge in [-0.2, -0.15) is 0 Å². The Morgan fingerprint density at radius 1 is 1.29 bits per heavy atom. The van der Waals surface area contributed by atoms with Crippen molar-refractivity contribution >= 4 is 0 Å². The van der Waals surface area contributed by atoms with Gasteiger partial charge in [0.1, 0.15) is 0 Å². The first-order valence-electron chi connectivity index (χ1n) is 8.49. The van der Waals surface area contributed by atoms with Crippen LogP contribution in [0.5, 0.6) is 0 Å². The number of nitrogens with one attached hydrogen (secondary N) is 1. The summed E-state index contributed by atoms with van der Waals surface area (Å²) in [6.07, 6.45) is 8.71. The van der Waals surface area contributed by atoms with Gasteiger partial charge < -0.3 is 4.74 Å². The van der Waals surface area contributed by atoms with Gasteiger partial charge in [-0.15, -0.1) is 0 Å². The molecular formula is C18H28N2O. The molecule has 0 aliphatic heterocycles. The van der Waals surface area contributed by atoms with Crippen molar-refractivity contribution in [1.82, 2.24) is 5.43 Å². The van der Waals surface area contributed by atoms with E-state index in [0.29, 0.717) is 0 Å². The topological polar surface area (TPSA) is 47.3 Å². The van der Waals surface area contributed by atoms with Gasteiger partial charge in [-0.05, 0) is 49.7 Å². The van der Waals surface area contributed by atoms with Crippen molar-refractivity contribution in [2.24, 2.45) is 5.84 Å². The Kier molecular flexibility index (Phi) is 4.63. The van der Waals surface area contributed by atoms with E-state index >= 15 is 0 Å². The Morgan fingerprint density at radius 3 is 2.62 bits per heavy atom. The summed E-state index contributed by atoms with van der Waals surface area (Å²) in [5.41, 5.74) is 5.70. The minimum Gasteiger partial charge on any atom is -0.373 e. The summed E-state index contributed by atoms with van der Waals surface area (Å²) in [7, 11) is 0. The van der Waals surface area contributed by atoms with Gasteiger partial charge in [0.25, 0.3) is 0 Å². The SMILES string of the molecule is CCOC1(C(NN)c2cccc(C3CCC3)c2)CCCC1. The van der Waals surface area contributed by atoms with Crippen molar-refractivity contribution in [3.05, 3.63) is 35.4 Å². The minimum atomic E-state index is -0.123. The largest absolute Gasteiger partial charge is 0.373 e. The van der Waals surface area contributed by atoms with Crippen molar-refractivity contribution in [2.45, 2.75) is 69.4 Å². The van der Waals surface area contributed by atoms with Crippen LogP contribution in [0.1, 0.15) is 75.0 Å². The lowest BCUT2D eigenvalue weighted by Crippen LogP contribution is -2.47. The van der Waals surface area contributed by atoms with Crippen molar-refractivity contribution in [2.75, 3.05) is 6.61 Å². The van der Waals surface area contributed by atoms with Crippen LogP contribution >= 0.6 is 0 Å². The Labute approximate surface area is 128 Å². The van der Waals surface area contributed by atoms with Crippen LogP contribution in [-0.2, 0) is 4.74 Å². The van der Waals surface area contributed by atoms with Crippen LogP contribution in [0, 0.1) is 0 Å². The fraction of sp³-hybridized carbons (Fsp3) is 0.667. The number of hydrazine groups is 1. The normalized spacial score (nSPS) is 23.0. The fourth-order valence-corrected chi connectivity index (χ4v) is 4.06. The predicted molar refractivity (Wildman–Crippen MR) is 85.9 cm³/mol. The average molecular weight is 288 g/mol. The first-order valence-corrected chi connectivity index (χ1v) is 8.49. The highest BCUT2D eigenvalue weighted by Crippen LogP contribution is 2.44. The van der Waals surface area contributed by atoms with Crippen LogP contribution in [0.3, 0.4) is 0 Å². The molecule has 0 saturated heterocycles. The second kappa shape index (κ2) is 6.47. The third-order valence-corrected chi connectivity index (χ3v) is 5.40. The van der Waals surface area contributed by atoms with Crippen molar-refractivity contribution in [3.63, 3.8) is 0 Å². The number of hydrogen-bond acceptors (Lipinski definition) is 3. The monoisotopic (exact) mass is 288 g/mol. The summed E-state index contributed by atoms with van der Waals surface area (Å²) in [6.45, 7) is 2.83. The zero-order valence-corrected chi connectivity index (χ0v) is 13.1. The molecule has 1 unspecified atom stereocenters. The highest BCUT2D eigenvalue weighted by Gasteiger charge is 2.42. The molecule has 2 fully saturated rings. The van der Waals surface area contributed by atoms with Crippen LogP contribution < -0.4 is 11.3 Å². The van der Waals surface area contributed by atoms with Crippen LogP contribution in [0.4, 0.5) is 0 Å². The zero-order chi connectivity index (χ0) is 14.7. The smallest absolute Gasteiger partial charge is 0.0889 e. The molecule has 0 radical (unpaired) electrons. The lowest BCUT2D eigenvalue weighted by atomic mass is 9.78. The first-order chi connectivity index (χ1) is 10.3. The van der Waals surface area contributed by atoms with Gasteiger partial charge >= 0.3 is 0 Å². The van der Waals surface area contributed by atoms with E-state index in [-0.39, 0.29) is 11.6 Å². The minimum absolute atomic E-state index is 0.0972. The van der Waals surface area contributed by atoms with Crippen LogP contribution in [0.15, 0.2) is 24.3 Å². The highest BCUT2D eigenvalue weighted by atomic mass is 16.5. The molecule has 0 amide bonds. The molecule has 3 nitrogen and oxygen atoms in total. The lowest BCUT2D eigenvalue weighted by molar-refractivity contribution is -0.0627. The molecule has 116 valence electrons. The third-order valence-electron chi connectivity index (χ3n) is 5.40. The molecule has 3 heteroatoms. The summed E-state index contributed by atoms with van der Waals surface area (Å²) >= 11 is 0. The molecule has 2 saturated carbocycles. The molecule has 3 N–H and O–H groups in total. The number of rotatable bonds is 6. The Morgan fingerprint density at radius 2 is 2.05 bits per heavy atom. The van der Waals surface area contributed by atoms with E-state index < -0.39 is 0 Å². The van der Waals surface area contributed by atoms with Crippen LogP contribution in [0.25, 0.3) is 0 Å². The summed E-state index contributed by atoms with van der Waals surface area (Å²) in [5, 5.41) is 0. The summed E-state index contributed by atoms with van der Waals surface area (Å²) in [5.74, 6) is 6.70. The first kappa shape index (κ1) is 15.0. The standard InChI is InChI=1S/C18H28N2O/c1-2-21-18(11-3-4-12-18)17(20-19)16-10-6-9-15(13-16)14-7-5-8-14/h6,9-10,13-14,17,20H,2-5,7-8,11-12,19H2,1H3. The summed E-state index contributed by atoms with van der Waals surface area (Å²) in [6, 6.07) is 9.10. The molecule has 3 rings (SSSR count). The zero-order valence-electron chi connectivity index (χ0n) is 13.1. The average Bonchev–Trinajstić information content (AvgIpc) is 2.88. The molecule has 1 aromatic rings. The van der Waals surface area contributed by atoms with Crippen LogP contribution in [0.2, 0.25) is 0 Å². The predicted octanol–water partition coefficient (Wildman–Crippen LogP) is 3.81. The van der Waals surface area contributed by atoms with E-state index in [1.165, 1.54) is 43.2 Å². The fourth-order valence-electron chi connectivity index (χ4n) is 4.06. The number of hydrogen-bond donors (Lipinski definition) is 2. The number of nitrogens with two attached hydrogens (primary N) is 1. The van der Waals surface area contributed by atoms with Crippen molar-refractivity contribution in [3.8, 4) is 0 Å². The van der Waals surface area contributed by atoms with E-state index in [1.54, 1.807) is 0 Å². The molecule has 1 aromatic carbocycles. The van der Waals surface area contributed by atoms with Gasteiger partial charge in [0.2, 0.25) is 0 Å². The van der Waals surface area contributed by atoms with E-state index in [9.17, 15) is 0 Å². The van der Waals surface area contributed by atoms with Gasteiger partial charge in [-0.25, -0.2) is 0 Å².